The van der Waals surface area contributed by atoms with Crippen LogP contribution in [0.4, 0.5) is 8.78 Å². The van der Waals surface area contributed by atoms with E-state index in [2.05, 4.69) is 15.2 Å². The highest BCUT2D eigenvalue weighted by Gasteiger charge is 2.27. The van der Waals surface area contributed by atoms with Gasteiger partial charge in [-0.15, -0.1) is 10.2 Å². The summed E-state index contributed by atoms with van der Waals surface area (Å²) in [5.41, 5.74) is 2.51. The van der Waals surface area contributed by atoms with E-state index >= 15 is 0 Å². The monoisotopic (exact) mass is 514 g/mol. The minimum Gasteiger partial charge on any atom is -0.495 e. The number of hydrogen-bond acceptors (Lipinski definition) is 7. The van der Waals surface area contributed by atoms with Gasteiger partial charge in [0.15, 0.2) is 21.5 Å². The lowest BCUT2D eigenvalue weighted by Gasteiger charge is -2.17. The Morgan fingerprint density at radius 2 is 1.86 bits per heavy atom. The summed E-state index contributed by atoms with van der Waals surface area (Å²) >= 11 is 0. The molecule has 2 aromatic carbocycles. The fourth-order valence-corrected chi connectivity index (χ4v) is 5.31. The molecule has 2 heterocycles. The number of pyridine rings is 1. The van der Waals surface area contributed by atoms with E-state index in [0.29, 0.717) is 28.9 Å². The SMILES string of the molecule is COc1cccc(C)c1-n1c(CS(=O)(=O)C[C@H](O)c2ccc(F)cc2F)nnc1-c1cncc(C)c1. The van der Waals surface area contributed by atoms with Crippen molar-refractivity contribution >= 4 is 9.84 Å². The molecule has 36 heavy (non-hydrogen) atoms. The molecule has 0 amide bonds. The summed E-state index contributed by atoms with van der Waals surface area (Å²) in [4.78, 5) is 4.21. The van der Waals surface area contributed by atoms with Crippen molar-refractivity contribution in [3.8, 4) is 22.8 Å². The number of rotatable bonds is 8. The van der Waals surface area contributed by atoms with Gasteiger partial charge >= 0.3 is 0 Å². The zero-order chi connectivity index (χ0) is 26.0. The second-order valence-corrected chi connectivity index (χ2v) is 10.5. The van der Waals surface area contributed by atoms with E-state index in [1.165, 1.54) is 7.11 Å². The van der Waals surface area contributed by atoms with Gasteiger partial charge in [-0.3, -0.25) is 9.55 Å². The van der Waals surface area contributed by atoms with Gasteiger partial charge in [0.25, 0.3) is 0 Å². The quantitative estimate of drug-likeness (QED) is 0.380. The van der Waals surface area contributed by atoms with Crippen molar-refractivity contribution in [2.45, 2.75) is 25.7 Å². The number of ether oxygens (including phenoxy) is 1. The van der Waals surface area contributed by atoms with Gasteiger partial charge in [0.05, 0.1) is 24.7 Å². The number of sulfone groups is 1. The van der Waals surface area contributed by atoms with Crippen LogP contribution in [0.15, 0.2) is 54.9 Å². The van der Waals surface area contributed by atoms with Crippen LogP contribution in [0.25, 0.3) is 17.1 Å². The lowest BCUT2D eigenvalue weighted by atomic mass is 10.1. The Hall–Kier alpha value is -3.70. The second-order valence-electron chi connectivity index (χ2n) is 8.39. The summed E-state index contributed by atoms with van der Waals surface area (Å²) in [7, 11) is -2.54. The molecule has 11 heteroatoms. The van der Waals surface area contributed by atoms with Crippen LogP contribution in [0.5, 0.6) is 5.75 Å². The van der Waals surface area contributed by atoms with Crippen LogP contribution in [0, 0.1) is 25.5 Å². The van der Waals surface area contributed by atoms with Gasteiger partial charge in [-0.25, -0.2) is 17.2 Å². The molecule has 4 rings (SSSR count). The molecule has 0 saturated carbocycles. The molecule has 2 aromatic heterocycles. The molecule has 0 unspecified atom stereocenters. The third kappa shape index (κ3) is 5.26. The number of benzene rings is 2. The first-order chi connectivity index (χ1) is 17.1. The van der Waals surface area contributed by atoms with Crippen LogP contribution in [-0.2, 0) is 15.6 Å². The van der Waals surface area contributed by atoms with E-state index < -0.39 is 39.1 Å². The largest absolute Gasteiger partial charge is 0.495 e. The van der Waals surface area contributed by atoms with Gasteiger partial charge in [-0.1, -0.05) is 18.2 Å². The molecule has 0 spiro atoms. The highest BCUT2D eigenvalue weighted by Crippen LogP contribution is 2.32. The number of aromatic nitrogens is 4. The average Bonchev–Trinajstić information content (AvgIpc) is 3.20. The van der Waals surface area contributed by atoms with Crippen molar-refractivity contribution in [1.29, 1.82) is 0 Å². The number of aryl methyl sites for hydroxylation is 2. The molecule has 0 fully saturated rings. The highest BCUT2D eigenvalue weighted by molar-refractivity contribution is 7.90. The van der Waals surface area contributed by atoms with Crippen LogP contribution in [0.2, 0.25) is 0 Å². The molecule has 0 aliphatic heterocycles. The number of aliphatic hydroxyl groups excluding tert-OH is 1. The van der Waals surface area contributed by atoms with E-state index in [0.717, 1.165) is 23.3 Å². The summed E-state index contributed by atoms with van der Waals surface area (Å²) in [6, 6.07) is 9.80. The topological polar surface area (TPSA) is 107 Å². The molecule has 0 bridgehead atoms. The summed E-state index contributed by atoms with van der Waals surface area (Å²) in [5, 5.41) is 18.8. The summed E-state index contributed by atoms with van der Waals surface area (Å²) in [5.74, 6) is -2.35. The number of nitrogens with zero attached hydrogens (tertiary/aromatic N) is 4. The number of hydrogen-bond donors (Lipinski definition) is 1. The molecule has 4 aromatic rings. The summed E-state index contributed by atoms with van der Waals surface area (Å²) in [6.07, 6.45) is 1.58. The predicted molar refractivity (Wildman–Crippen MR) is 129 cm³/mol. The standard InChI is InChI=1S/C25H24F2N4O4S/c1-15-9-17(12-28-11-15)25-30-29-23(31(25)24-16(2)5-4-6-22(24)35-3)14-36(33,34)13-21(32)19-8-7-18(26)10-20(19)27/h4-12,21,32H,13-14H2,1-3H3/t21-/m0/s1. The summed E-state index contributed by atoms with van der Waals surface area (Å²) in [6.45, 7) is 3.71. The third-order valence-electron chi connectivity index (χ3n) is 5.59. The first-order valence-electron chi connectivity index (χ1n) is 10.9. The molecule has 1 N–H and O–H groups in total. The molecular formula is C25H24F2N4O4S. The Morgan fingerprint density at radius 3 is 2.56 bits per heavy atom. The number of para-hydroxylation sites is 1. The molecule has 1 atom stereocenters. The fourth-order valence-electron chi connectivity index (χ4n) is 3.95. The van der Waals surface area contributed by atoms with Crippen molar-refractivity contribution < 1.29 is 27.0 Å². The van der Waals surface area contributed by atoms with Crippen LogP contribution >= 0.6 is 0 Å². The lowest BCUT2D eigenvalue weighted by molar-refractivity contribution is 0.196. The molecule has 0 radical (unpaired) electrons. The Morgan fingerprint density at radius 1 is 1.08 bits per heavy atom. The zero-order valence-corrected chi connectivity index (χ0v) is 20.6. The van der Waals surface area contributed by atoms with Crippen molar-refractivity contribution in [2.75, 3.05) is 12.9 Å². The minimum absolute atomic E-state index is 0.0749. The van der Waals surface area contributed by atoms with Gasteiger partial charge in [0, 0.05) is 29.6 Å². The normalized spacial score (nSPS) is 12.5. The van der Waals surface area contributed by atoms with E-state index in [4.69, 9.17) is 4.74 Å². The van der Waals surface area contributed by atoms with Crippen LogP contribution < -0.4 is 4.74 Å². The number of aliphatic hydroxyl groups is 1. The maximum absolute atomic E-state index is 14.1. The Balaban J connectivity index is 1.78. The zero-order valence-electron chi connectivity index (χ0n) is 19.8. The van der Waals surface area contributed by atoms with Gasteiger partial charge in [0.2, 0.25) is 0 Å². The van der Waals surface area contributed by atoms with Gasteiger partial charge in [0.1, 0.15) is 23.1 Å². The molecule has 0 saturated heterocycles. The van der Waals surface area contributed by atoms with Gasteiger partial charge in [-0.05, 0) is 43.2 Å². The van der Waals surface area contributed by atoms with Crippen LogP contribution in [-0.4, -0.2) is 46.1 Å². The van der Waals surface area contributed by atoms with E-state index in [9.17, 15) is 22.3 Å². The van der Waals surface area contributed by atoms with E-state index in [1.54, 1.807) is 29.1 Å². The van der Waals surface area contributed by atoms with E-state index in [-0.39, 0.29) is 11.4 Å². The van der Waals surface area contributed by atoms with Crippen molar-refractivity contribution in [3.05, 3.63) is 89.0 Å². The number of halogens is 2. The maximum atomic E-state index is 14.1. The molecule has 188 valence electrons. The predicted octanol–water partition coefficient (Wildman–Crippen LogP) is 3.88. The third-order valence-corrected chi connectivity index (χ3v) is 7.11. The molecular weight excluding hydrogens is 490 g/mol. The fraction of sp³-hybridized carbons (Fsp3) is 0.240. The van der Waals surface area contributed by atoms with Crippen molar-refractivity contribution in [3.63, 3.8) is 0 Å². The smallest absolute Gasteiger partial charge is 0.170 e. The minimum atomic E-state index is -4.04. The summed E-state index contributed by atoms with van der Waals surface area (Å²) < 4.78 is 60.7. The molecule has 0 aliphatic carbocycles. The van der Waals surface area contributed by atoms with Gasteiger partial charge < -0.3 is 9.84 Å². The highest BCUT2D eigenvalue weighted by atomic mass is 32.2. The van der Waals surface area contributed by atoms with Crippen LogP contribution in [0.1, 0.15) is 28.6 Å². The molecule has 0 aliphatic rings. The maximum Gasteiger partial charge on any atom is 0.170 e. The van der Waals surface area contributed by atoms with Gasteiger partial charge in [-0.2, -0.15) is 0 Å². The first kappa shape index (κ1) is 25.4. The average molecular weight is 515 g/mol. The van der Waals surface area contributed by atoms with E-state index in [1.807, 2.05) is 26.0 Å². The lowest BCUT2D eigenvalue weighted by Crippen LogP contribution is -2.19. The Labute approximate surface area is 207 Å². The van der Waals surface area contributed by atoms with Crippen molar-refractivity contribution in [1.82, 2.24) is 19.7 Å². The van der Waals surface area contributed by atoms with Crippen molar-refractivity contribution in [2.24, 2.45) is 0 Å². The Bertz CT molecular complexity index is 1520. The number of methoxy groups -OCH3 is 1. The first-order valence-corrected chi connectivity index (χ1v) is 12.8. The van der Waals surface area contributed by atoms with Crippen LogP contribution in [0.3, 0.4) is 0 Å². The second kappa shape index (κ2) is 10.1. The Kier molecular flexibility index (Phi) is 7.14. The molecule has 8 nitrogen and oxygen atoms in total.